The van der Waals surface area contributed by atoms with E-state index in [1.54, 1.807) is 24.0 Å². The highest BCUT2D eigenvalue weighted by molar-refractivity contribution is 6.62. The predicted octanol–water partition coefficient (Wildman–Crippen LogP) is 1.67. The first-order valence-electron chi connectivity index (χ1n) is 6.71. The Morgan fingerprint density at radius 2 is 2.00 bits per heavy atom. The molecule has 5 nitrogen and oxygen atoms in total. The fourth-order valence-corrected chi connectivity index (χ4v) is 2.34. The summed E-state index contributed by atoms with van der Waals surface area (Å²) in [5.74, 6) is 0. The van der Waals surface area contributed by atoms with E-state index in [1.165, 1.54) is 0 Å². The number of rotatable bonds is 2. The topological polar surface area (TPSA) is 49.2 Å². The molecular weight excluding hydrogens is 279 g/mol. The van der Waals surface area contributed by atoms with Crippen molar-refractivity contribution < 1.29 is 18.1 Å². The predicted molar refractivity (Wildman–Crippen MR) is 74.5 cm³/mol. The molecule has 0 saturated carbocycles. The molecule has 0 atom stereocenters. The molecule has 1 fully saturated rings. The lowest BCUT2D eigenvalue weighted by atomic mass is 9.74. The van der Waals surface area contributed by atoms with Gasteiger partial charge in [-0.05, 0) is 6.07 Å². The summed E-state index contributed by atoms with van der Waals surface area (Å²) in [6, 6.07) is 1.62. The smallest absolute Gasteiger partial charge is 0.407 e. The van der Waals surface area contributed by atoms with Gasteiger partial charge in [-0.2, -0.15) is 5.10 Å². The molecule has 21 heavy (non-hydrogen) atoms. The van der Waals surface area contributed by atoms with Gasteiger partial charge in [0.05, 0.1) is 0 Å². The molecule has 2 aromatic heterocycles. The van der Waals surface area contributed by atoms with Gasteiger partial charge in [-0.3, -0.25) is 4.68 Å². The Morgan fingerprint density at radius 1 is 1.33 bits per heavy atom. The molecular formula is C13H16BF2N3O2. The number of aryl methyl sites for hydroxylation is 1. The van der Waals surface area contributed by atoms with Crippen LogP contribution in [0.25, 0.3) is 11.0 Å². The Morgan fingerprint density at radius 3 is 2.62 bits per heavy atom. The summed E-state index contributed by atoms with van der Waals surface area (Å²) in [5, 5.41) is 4.74. The Hall–Kier alpha value is -1.54. The molecule has 0 aromatic carbocycles. The molecule has 2 aromatic rings. The highest BCUT2D eigenvalue weighted by atomic mass is 19.3. The van der Waals surface area contributed by atoms with Crippen LogP contribution >= 0.6 is 0 Å². The van der Waals surface area contributed by atoms with E-state index >= 15 is 0 Å². The summed E-state index contributed by atoms with van der Waals surface area (Å²) in [7, 11) is 0.915. The zero-order valence-corrected chi connectivity index (χ0v) is 12.1. The Balaban J connectivity index is 2.01. The van der Waals surface area contributed by atoms with Crippen molar-refractivity contribution in [1.82, 2.24) is 14.8 Å². The number of halogens is 2. The van der Waals surface area contributed by atoms with E-state index in [9.17, 15) is 8.78 Å². The highest BCUT2D eigenvalue weighted by Gasteiger charge is 2.37. The maximum atomic E-state index is 13.3. The van der Waals surface area contributed by atoms with Crippen LogP contribution in [0.2, 0.25) is 0 Å². The van der Waals surface area contributed by atoms with Crippen LogP contribution in [0.15, 0.2) is 12.3 Å². The lowest BCUT2D eigenvalue weighted by molar-refractivity contribution is 0.0338. The first-order chi connectivity index (χ1) is 9.85. The fourth-order valence-electron chi connectivity index (χ4n) is 2.34. The van der Waals surface area contributed by atoms with Crippen LogP contribution in [0, 0.1) is 5.41 Å². The van der Waals surface area contributed by atoms with Crippen LogP contribution in [0.5, 0.6) is 0 Å². The summed E-state index contributed by atoms with van der Waals surface area (Å²) < 4.78 is 39.3. The zero-order valence-electron chi connectivity index (χ0n) is 12.1. The molecule has 3 heterocycles. The van der Waals surface area contributed by atoms with Crippen molar-refractivity contribution in [3.05, 3.63) is 18.0 Å². The summed E-state index contributed by atoms with van der Waals surface area (Å²) in [5.41, 5.74) is 0.132. The van der Waals surface area contributed by atoms with Gasteiger partial charge in [0.1, 0.15) is 5.69 Å². The molecule has 1 saturated heterocycles. The quantitative estimate of drug-likeness (QED) is 0.791. The summed E-state index contributed by atoms with van der Waals surface area (Å²) in [4.78, 5) is 3.97. The van der Waals surface area contributed by atoms with Crippen LogP contribution in [-0.2, 0) is 16.4 Å². The van der Waals surface area contributed by atoms with Gasteiger partial charge >= 0.3 is 7.12 Å². The third kappa shape index (κ3) is 2.78. The number of aromatic nitrogens is 3. The molecule has 3 rings (SSSR count). The van der Waals surface area contributed by atoms with Crippen molar-refractivity contribution >= 4 is 23.6 Å². The summed E-state index contributed by atoms with van der Waals surface area (Å²) >= 11 is 0. The van der Waals surface area contributed by atoms with Crippen molar-refractivity contribution in [1.29, 1.82) is 0 Å². The Kier molecular flexibility index (Phi) is 3.45. The summed E-state index contributed by atoms with van der Waals surface area (Å²) in [6.45, 7) is 4.90. The van der Waals surface area contributed by atoms with Crippen molar-refractivity contribution in [2.75, 3.05) is 13.2 Å². The number of hydrogen-bond acceptors (Lipinski definition) is 4. The van der Waals surface area contributed by atoms with E-state index in [-0.39, 0.29) is 16.6 Å². The number of alkyl halides is 2. The van der Waals surface area contributed by atoms with Gasteiger partial charge in [-0.25, -0.2) is 13.8 Å². The molecule has 0 aliphatic carbocycles. The van der Waals surface area contributed by atoms with Gasteiger partial charge in [-0.15, -0.1) is 0 Å². The molecule has 0 spiro atoms. The third-order valence-corrected chi connectivity index (χ3v) is 3.38. The average Bonchev–Trinajstić information content (AvgIpc) is 2.76. The minimum atomic E-state index is -2.70. The largest absolute Gasteiger partial charge is 0.496 e. The van der Waals surface area contributed by atoms with Gasteiger partial charge in [0.25, 0.3) is 6.43 Å². The van der Waals surface area contributed by atoms with E-state index in [1.807, 2.05) is 13.8 Å². The monoisotopic (exact) mass is 295 g/mol. The lowest BCUT2D eigenvalue weighted by Crippen LogP contribution is -2.48. The molecule has 0 radical (unpaired) electrons. The summed E-state index contributed by atoms with van der Waals surface area (Å²) in [6.07, 6.45) is -0.970. The van der Waals surface area contributed by atoms with E-state index in [4.69, 9.17) is 9.31 Å². The first-order valence-corrected chi connectivity index (χ1v) is 6.71. The molecule has 0 N–H and O–H groups in total. The SMILES string of the molecule is Cn1cc2cc(B3OCC(C)(C)CO3)c(C(F)F)nc2n1. The molecule has 0 bridgehead atoms. The number of hydrogen-bond donors (Lipinski definition) is 0. The lowest BCUT2D eigenvalue weighted by Gasteiger charge is -2.33. The number of pyridine rings is 1. The van der Waals surface area contributed by atoms with E-state index in [0.29, 0.717) is 24.2 Å². The van der Waals surface area contributed by atoms with Crippen LogP contribution in [0.3, 0.4) is 0 Å². The van der Waals surface area contributed by atoms with Crippen molar-refractivity contribution in [2.24, 2.45) is 12.5 Å². The van der Waals surface area contributed by atoms with E-state index in [0.717, 1.165) is 0 Å². The second-order valence-electron chi connectivity index (χ2n) is 6.10. The third-order valence-electron chi connectivity index (χ3n) is 3.38. The zero-order chi connectivity index (χ0) is 15.2. The van der Waals surface area contributed by atoms with Gasteiger partial charge < -0.3 is 9.31 Å². The normalized spacial score (nSPS) is 18.7. The minimum Gasteiger partial charge on any atom is -0.407 e. The molecule has 0 unspecified atom stereocenters. The second kappa shape index (κ2) is 5.03. The van der Waals surface area contributed by atoms with E-state index in [2.05, 4.69) is 10.1 Å². The molecule has 1 aliphatic rings. The molecule has 0 amide bonds. The van der Waals surface area contributed by atoms with Gasteiger partial charge in [0.15, 0.2) is 5.65 Å². The van der Waals surface area contributed by atoms with Crippen molar-refractivity contribution in [2.45, 2.75) is 20.3 Å². The Bertz CT molecular complexity index is 665. The molecule has 1 aliphatic heterocycles. The fraction of sp³-hybridized carbons (Fsp3) is 0.538. The van der Waals surface area contributed by atoms with E-state index < -0.39 is 13.5 Å². The minimum absolute atomic E-state index is 0.118. The van der Waals surface area contributed by atoms with Crippen LogP contribution in [-0.4, -0.2) is 35.1 Å². The average molecular weight is 295 g/mol. The van der Waals surface area contributed by atoms with Gasteiger partial charge in [0, 0.05) is 42.7 Å². The van der Waals surface area contributed by atoms with Crippen LogP contribution < -0.4 is 5.46 Å². The number of nitrogens with zero attached hydrogens (tertiary/aromatic N) is 3. The van der Waals surface area contributed by atoms with Crippen molar-refractivity contribution in [3.8, 4) is 0 Å². The van der Waals surface area contributed by atoms with Crippen LogP contribution in [0.4, 0.5) is 8.78 Å². The molecule has 8 heteroatoms. The maximum Gasteiger partial charge on any atom is 0.496 e. The van der Waals surface area contributed by atoms with Gasteiger partial charge in [-0.1, -0.05) is 13.8 Å². The molecule has 112 valence electrons. The Labute approximate surface area is 121 Å². The second-order valence-corrected chi connectivity index (χ2v) is 6.10. The maximum absolute atomic E-state index is 13.3. The van der Waals surface area contributed by atoms with Crippen molar-refractivity contribution in [3.63, 3.8) is 0 Å². The van der Waals surface area contributed by atoms with Gasteiger partial charge in [0.2, 0.25) is 0 Å². The first kappa shape index (κ1) is 14.4. The highest BCUT2D eigenvalue weighted by Crippen LogP contribution is 2.24. The van der Waals surface area contributed by atoms with Crippen LogP contribution in [0.1, 0.15) is 26.0 Å². The number of fused-ring (bicyclic) bond motifs is 1. The standard InChI is InChI=1S/C13H16BF2N3O2/c1-13(2)6-20-14(21-7-13)9-4-8-5-19(3)18-12(8)17-10(9)11(15)16/h4-5,11H,6-7H2,1-3H3.